The Bertz CT molecular complexity index is 390. The zero-order chi connectivity index (χ0) is 11.3. The average Bonchev–Trinajstić information content (AvgIpc) is 2.20. The molecular formula is C10H10FNO3. The number of carboxylic acids is 1. The largest absolute Gasteiger partial charge is 0.478 e. The van der Waals surface area contributed by atoms with Gasteiger partial charge in [0.2, 0.25) is 5.95 Å². The van der Waals surface area contributed by atoms with Crippen molar-refractivity contribution in [2.75, 3.05) is 6.61 Å². The fourth-order valence-corrected chi connectivity index (χ4v) is 0.999. The molecule has 0 saturated carbocycles. The lowest BCUT2D eigenvalue weighted by Gasteiger charge is -1.98. The van der Waals surface area contributed by atoms with Crippen LogP contribution in [0.25, 0.3) is 6.08 Å². The minimum Gasteiger partial charge on any atom is -0.478 e. The Kier molecular flexibility index (Phi) is 3.93. The molecule has 0 aliphatic rings. The predicted molar refractivity (Wildman–Crippen MR) is 51.9 cm³/mol. The van der Waals surface area contributed by atoms with Crippen molar-refractivity contribution in [2.45, 2.75) is 6.42 Å². The molecule has 0 aliphatic heterocycles. The number of hydrogen-bond donors (Lipinski definition) is 2. The highest BCUT2D eigenvalue weighted by Crippen LogP contribution is 2.09. The predicted octanol–water partition coefficient (Wildman–Crippen LogP) is 1.31. The molecule has 1 heterocycles. The molecule has 0 radical (unpaired) electrons. The van der Waals surface area contributed by atoms with Gasteiger partial charge in [0.05, 0.1) is 0 Å². The first-order valence-electron chi connectivity index (χ1n) is 4.31. The van der Waals surface area contributed by atoms with Gasteiger partial charge < -0.3 is 10.2 Å². The van der Waals surface area contributed by atoms with Gasteiger partial charge >= 0.3 is 5.97 Å². The van der Waals surface area contributed by atoms with Crippen LogP contribution in [0, 0.1) is 5.95 Å². The summed E-state index contributed by atoms with van der Waals surface area (Å²) in [5.41, 5.74) is 0.0309. The van der Waals surface area contributed by atoms with Crippen LogP contribution in [0.2, 0.25) is 0 Å². The number of aromatic nitrogens is 1. The summed E-state index contributed by atoms with van der Waals surface area (Å²) in [6, 6.07) is 1.19. The maximum absolute atomic E-state index is 12.9. The molecule has 1 aromatic heterocycles. The number of rotatable bonds is 4. The second-order valence-corrected chi connectivity index (χ2v) is 2.83. The first-order valence-corrected chi connectivity index (χ1v) is 4.31. The standard InChI is InChI=1S/C10H10FNO3/c11-9-8(10(14)15)5-7(6-12-9)3-1-2-4-13/h1,3,5-6,13H,2,4H2,(H,14,15). The van der Waals surface area contributed by atoms with Gasteiger partial charge in [0.25, 0.3) is 0 Å². The van der Waals surface area contributed by atoms with Crippen molar-refractivity contribution in [1.82, 2.24) is 4.98 Å². The molecule has 0 amide bonds. The maximum atomic E-state index is 12.9. The van der Waals surface area contributed by atoms with Gasteiger partial charge in [-0.05, 0) is 18.1 Å². The van der Waals surface area contributed by atoms with Gasteiger partial charge in [-0.3, -0.25) is 0 Å². The van der Waals surface area contributed by atoms with Gasteiger partial charge in [-0.25, -0.2) is 9.78 Å². The third kappa shape index (κ3) is 3.14. The lowest BCUT2D eigenvalue weighted by molar-refractivity contribution is 0.0690. The fraction of sp³-hybridized carbons (Fsp3) is 0.200. The molecule has 0 aliphatic carbocycles. The zero-order valence-corrected chi connectivity index (χ0v) is 7.85. The highest BCUT2D eigenvalue weighted by molar-refractivity contribution is 5.88. The lowest BCUT2D eigenvalue weighted by Crippen LogP contribution is -2.02. The fourth-order valence-electron chi connectivity index (χ4n) is 0.999. The first-order chi connectivity index (χ1) is 7.15. The third-order valence-electron chi connectivity index (χ3n) is 1.70. The summed E-state index contributed by atoms with van der Waals surface area (Å²) in [7, 11) is 0. The molecule has 1 aromatic rings. The number of halogens is 1. The Hall–Kier alpha value is -1.75. The Labute approximate surface area is 85.7 Å². The van der Waals surface area contributed by atoms with Crippen molar-refractivity contribution in [2.24, 2.45) is 0 Å². The van der Waals surface area contributed by atoms with Crippen LogP contribution < -0.4 is 0 Å². The Morgan fingerprint density at radius 3 is 2.93 bits per heavy atom. The van der Waals surface area contributed by atoms with E-state index in [1.54, 1.807) is 12.2 Å². The summed E-state index contributed by atoms with van der Waals surface area (Å²) in [6.45, 7) is 0.0108. The Balaban J connectivity index is 2.92. The van der Waals surface area contributed by atoms with Crippen molar-refractivity contribution < 1.29 is 19.4 Å². The molecular weight excluding hydrogens is 201 g/mol. The molecule has 0 atom stereocenters. The molecule has 5 heteroatoms. The molecule has 0 unspecified atom stereocenters. The number of aromatic carboxylic acids is 1. The van der Waals surface area contributed by atoms with E-state index in [1.807, 2.05) is 0 Å². The molecule has 1 rings (SSSR count). The summed E-state index contributed by atoms with van der Waals surface area (Å²) in [6.07, 6.45) is 4.92. The normalized spacial score (nSPS) is 10.8. The Morgan fingerprint density at radius 2 is 2.33 bits per heavy atom. The number of hydrogen-bond acceptors (Lipinski definition) is 3. The van der Waals surface area contributed by atoms with Crippen molar-refractivity contribution >= 4 is 12.0 Å². The monoisotopic (exact) mass is 211 g/mol. The van der Waals surface area contributed by atoms with Gasteiger partial charge in [0.15, 0.2) is 0 Å². The molecule has 15 heavy (non-hydrogen) atoms. The van der Waals surface area contributed by atoms with E-state index < -0.39 is 17.5 Å². The number of nitrogens with zero attached hydrogens (tertiary/aromatic N) is 1. The number of carboxylic acid groups (broad SMARTS) is 1. The molecule has 0 spiro atoms. The summed E-state index contributed by atoms with van der Waals surface area (Å²) in [4.78, 5) is 13.9. The summed E-state index contributed by atoms with van der Waals surface area (Å²) in [5, 5.41) is 17.1. The number of pyridine rings is 1. The molecule has 4 nitrogen and oxygen atoms in total. The van der Waals surface area contributed by atoms with Crippen LogP contribution in [0.15, 0.2) is 18.3 Å². The molecule has 0 saturated heterocycles. The van der Waals surface area contributed by atoms with E-state index >= 15 is 0 Å². The summed E-state index contributed by atoms with van der Waals surface area (Å²) in [5.74, 6) is -2.35. The van der Waals surface area contributed by atoms with Crippen LogP contribution in [-0.2, 0) is 0 Å². The van der Waals surface area contributed by atoms with Crippen LogP contribution in [0.3, 0.4) is 0 Å². The molecule has 0 aromatic carbocycles. The number of aliphatic hydroxyl groups is 1. The lowest BCUT2D eigenvalue weighted by atomic mass is 10.2. The van der Waals surface area contributed by atoms with Gasteiger partial charge in [0.1, 0.15) is 5.56 Å². The first kappa shape index (κ1) is 11.3. The average molecular weight is 211 g/mol. The van der Waals surface area contributed by atoms with Crippen LogP contribution in [0.5, 0.6) is 0 Å². The molecule has 2 N–H and O–H groups in total. The topological polar surface area (TPSA) is 70.4 Å². The van der Waals surface area contributed by atoms with Crippen LogP contribution in [-0.4, -0.2) is 27.8 Å². The number of carbonyl (C=O) groups is 1. The minimum absolute atomic E-state index is 0.0108. The Morgan fingerprint density at radius 1 is 1.60 bits per heavy atom. The van der Waals surface area contributed by atoms with Gasteiger partial charge in [-0.15, -0.1) is 0 Å². The van der Waals surface area contributed by atoms with Crippen molar-refractivity contribution in [3.05, 3.63) is 35.4 Å². The molecule has 0 bridgehead atoms. The van der Waals surface area contributed by atoms with E-state index in [0.717, 1.165) is 0 Å². The van der Waals surface area contributed by atoms with Crippen molar-refractivity contribution in [3.63, 3.8) is 0 Å². The second-order valence-electron chi connectivity index (χ2n) is 2.83. The van der Waals surface area contributed by atoms with E-state index in [0.29, 0.717) is 12.0 Å². The van der Waals surface area contributed by atoms with Crippen molar-refractivity contribution in [1.29, 1.82) is 0 Å². The van der Waals surface area contributed by atoms with Crippen LogP contribution in [0.1, 0.15) is 22.3 Å². The van der Waals surface area contributed by atoms with Gasteiger partial charge in [-0.2, -0.15) is 4.39 Å². The zero-order valence-electron chi connectivity index (χ0n) is 7.85. The minimum atomic E-state index is -1.35. The number of aliphatic hydroxyl groups excluding tert-OH is 1. The molecule has 80 valence electrons. The van der Waals surface area contributed by atoms with E-state index in [4.69, 9.17) is 10.2 Å². The van der Waals surface area contributed by atoms with Gasteiger partial charge in [0, 0.05) is 12.8 Å². The highest BCUT2D eigenvalue weighted by atomic mass is 19.1. The van der Waals surface area contributed by atoms with Crippen LogP contribution >= 0.6 is 0 Å². The smallest absolute Gasteiger partial charge is 0.340 e. The SMILES string of the molecule is O=C(O)c1cc(C=CCCO)cnc1F. The quantitative estimate of drug-likeness (QED) is 0.737. The third-order valence-corrected chi connectivity index (χ3v) is 1.70. The van der Waals surface area contributed by atoms with E-state index in [9.17, 15) is 9.18 Å². The maximum Gasteiger partial charge on any atom is 0.340 e. The van der Waals surface area contributed by atoms with Crippen LogP contribution in [0.4, 0.5) is 4.39 Å². The summed E-state index contributed by atoms with van der Waals surface area (Å²) < 4.78 is 12.9. The summed E-state index contributed by atoms with van der Waals surface area (Å²) >= 11 is 0. The highest BCUT2D eigenvalue weighted by Gasteiger charge is 2.10. The van der Waals surface area contributed by atoms with E-state index in [-0.39, 0.29) is 6.61 Å². The molecule has 0 fully saturated rings. The van der Waals surface area contributed by atoms with E-state index in [2.05, 4.69) is 4.98 Å². The second kappa shape index (κ2) is 5.21. The van der Waals surface area contributed by atoms with E-state index in [1.165, 1.54) is 12.3 Å². The van der Waals surface area contributed by atoms with Gasteiger partial charge in [-0.1, -0.05) is 12.2 Å². The van der Waals surface area contributed by atoms with Crippen molar-refractivity contribution in [3.8, 4) is 0 Å².